The number of imidazole rings is 1. The molecule has 1 aliphatic rings. The van der Waals surface area contributed by atoms with Gasteiger partial charge in [0.2, 0.25) is 0 Å². The van der Waals surface area contributed by atoms with Gasteiger partial charge >= 0.3 is 0 Å². The van der Waals surface area contributed by atoms with E-state index >= 15 is 0 Å². The fourth-order valence-corrected chi connectivity index (χ4v) is 7.57. The van der Waals surface area contributed by atoms with E-state index in [2.05, 4.69) is 39.5 Å². The predicted octanol–water partition coefficient (Wildman–Crippen LogP) is 9.83. The van der Waals surface area contributed by atoms with Gasteiger partial charge in [-0.05, 0) is 66.2 Å². The van der Waals surface area contributed by atoms with E-state index in [4.69, 9.17) is 16.0 Å². The molecule has 5 heteroatoms. The van der Waals surface area contributed by atoms with E-state index in [1.165, 1.54) is 5.56 Å². The maximum absolute atomic E-state index is 8.93. The average molecular weight is 577 g/mol. The molecular formula is C38H24N4S. The Hall–Kier alpha value is -5.26. The van der Waals surface area contributed by atoms with E-state index < -0.39 is 24.2 Å². The third-order valence-electron chi connectivity index (χ3n) is 8.40. The molecule has 10 rings (SSSR count). The Morgan fingerprint density at radius 2 is 1.21 bits per heavy atom. The topological polar surface area (TPSA) is 27.7 Å². The maximum atomic E-state index is 8.93. The van der Waals surface area contributed by atoms with Gasteiger partial charge in [0.1, 0.15) is 0 Å². The Kier molecular flexibility index (Phi) is 3.41. The highest BCUT2D eigenvalue weighted by atomic mass is 32.2. The van der Waals surface area contributed by atoms with E-state index in [1.54, 1.807) is 16.3 Å². The monoisotopic (exact) mass is 576 g/mol. The number of fused-ring (bicyclic) bond motifs is 11. The number of nitrogens with zero attached hydrogens (tertiary/aromatic N) is 4. The van der Waals surface area contributed by atoms with Crippen molar-refractivity contribution in [3.05, 3.63) is 139 Å². The molecule has 0 saturated carbocycles. The Bertz CT molecular complexity index is 2960. The molecule has 4 nitrogen and oxygen atoms in total. The van der Waals surface area contributed by atoms with Gasteiger partial charge in [-0.15, -0.1) is 0 Å². The second-order valence-electron chi connectivity index (χ2n) is 10.7. The summed E-state index contributed by atoms with van der Waals surface area (Å²) in [6, 6.07) is 25.3. The Morgan fingerprint density at radius 1 is 0.558 bits per heavy atom. The summed E-state index contributed by atoms with van der Waals surface area (Å²) in [6.07, 6.45) is 0. The minimum atomic E-state index is -0.461. The van der Waals surface area contributed by atoms with Crippen molar-refractivity contribution in [1.29, 1.82) is 0 Å². The summed E-state index contributed by atoms with van der Waals surface area (Å²) in [5.74, 6) is 0.813. The second-order valence-corrected chi connectivity index (χ2v) is 11.6. The van der Waals surface area contributed by atoms with Crippen LogP contribution in [0.25, 0.3) is 71.7 Å². The third kappa shape index (κ3) is 3.20. The van der Waals surface area contributed by atoms with Crippen LogP contribution < -0.4 is 0 Å². The van der Waals surface area contributed by atoms with Gasteiger partial charge in [0.05, 0.1) is 49.8 Å². The lowest BCUT2D eigenvalue weighted by Crippen LogP contribution is -2.07. The van der Waals surface area contributed by atoms with Crippen molar-refractivity contribution in [2.24, 2.45) is 0 Å². The lowest BCUT2D eigenvalue weighted by Gasteiger charge is -2.20. The number of benzene rings is 6. The van der Waals surface area contributed by atoms with Gasteiger partial charge in [-0.25, -0.2) is 4.98 Å². The zero-order chi connectivity index (χ0) is 35.0. The van der Waals surface area contributed by atoms with Crippen molar-refractivity contribution in [2.45, 2.75) is 10.9 Å². The molecule has 0 N–H and O–H groups in total. The molecule has 4 heterocycles. The summed E-state index contributed by atoms with van der Waals surface area (Å²) in [6.45, 7) is 0. The van der Waals surface area contributed by atoms with Gasteiger partial charge in [0.15, 0.2) is 5.16 Å². The second kappa shape index (κ2) is 8.63. The van der Waals surface area contributed by atoms with Crippen LogP contribution in [0.15, 0.2) is 138 Å². The molecule has 0 aliphatic carbocycles. The number of aromatic nitrogens is 4. The normalized spacial score (nSPS) is 15.5. The molecule has 3 aromatic heterocycles. The van der Waals surface area contributed by atoms with E-state index in [9.17, 15) is 0 Å². The van der Waals surface area contributed by atoms with Gasteiger partial charge in [-0.2, -0.15) is 0 Å². The molecular weight excluding hydrogens is 545 g/mol. The van der Waals surface area contributed by atoms with E-state index in [0.29, 0.717) is 5.69 Å². The Morgan fingerprint density at radius 3 is 2.05 bits per heavy atom. The summed E-state index contributed by atoms with van der Waals surface area (Å²) in [5, 5.41) is 2.91. The van der Waals surface area contributed by atoms with Crippen molar-refractivity contribution in [1.82, 2.24) is 18.7 Å². The molecule has 202 valence electrons. The van der Waals surface area contributed by atoms with Gasteiger partial charge < -0.3 is 9.13 Å². The quantitative estimate of drug-likeness (QED) is 0.205. The number of hydrogen-bond donors (Lipinski definition) is 0. The van der Waals surface area contributed by atoms with Gasteiger partial charge in [-0.3, -0.25) is 4.57 Å². The zero-order valence-corrected chi connectivity index (χ0v) is 23.3. The van der Waals surface area contributed by atoms with Crippen LogP contribution in [0.4, 0.5) is 0 Å². The van der Waals surface area contributed by atoms with Crippen LogP contribution in [-0.4, -0.2) is 18.7 Å². The maximum Gasteiger partial charge on any atom is 0.174 e. The molecule has 0 bridgehead atoms. The molecule has 9 aromatic rings. The predicted molar refractivity (Wildman–Crippen MR) is 179 cm³/mol. The summed E-state index contributed by atoms with van der Waals surface area (Å²) in [5.41, 5.74) is 7.83. The third-order valence-corrected chi connectivity index (χ3v) is 9.39. The van der Waals surface area contributed by atoms with Crippen LogP contribution in [0.3, 0.4) is 0 Å². The van der Waals surface area contributed by atoms with Crippen LogP contribution in [0.5, 0.6) is 0 Å². The highest BCUT2D eigenvalue weighted by Gasteiger charge is 2.22. The van der Waals surface area contributed by atoms with Crippen molar-refractivity contribution in [3.63, 3.8) is 0 Å². The van der Waals surface area contributed by atoms with Crippen molar-refractivity contribution < 1.29 is 11.0 Å². The number of para-hydroxylation sites is 5. The smallest absolute Gasteiger partial charge is 0.174 e. The summed E-state index contributed by atoms with van der Waals surface area (Å²) in [7, 11) is 0. The van der Waals surface area contributed by atoms with Crippen molar-refractivity contribution in [3.8, 4) is 17.1 Å². The van der Waals surface area contributed by atoms with Gasteiger partial charge in [0.25, 0.3) is 0 Å². The minimum Gasteiger partial charge on any atom is -0.309 e. The SMILES string of the molecule is [2H]c1c([2H])c([2H])c2c(c1[2H])c1c([2H])c([2H])c([2H])c([2H])c1n2-c1ccc2c(c1)c1ccccc1n2-c1ccc2c(c1)-n1c(nc3ccccc31)SC2. The summed E-state index contributed by atoms with van der Waals surface area (Å²) >= 11 is 1.72. The van der Waals surface area contributed by atoms with E-state index in [1.807, 2.05) is 54.6 Å². The lowest BCUT2D eigenvalue weighted by molar-refractivity contribution is 0.892. The first kappa shape index (κ1) is 17.0. The molecule has 0 atom stereocenters. The molecule has 0 fully saturated rings. The number of rotatable bonds is 2. The van der Waals surface area contributed by atoms with Crippen molar-refractivity contribution in [2.75, 3.05) is 0 Å². The first-order valence-corrected chi connectivity index (χ1v) is 14.9. The minimum absolute atomic E-state index is 0.0594. The molecule has 0 saturated heterocycles. The molecule has 6 aromatic carbocycles. The highest BCUT2D eigenvalue weighted by Crippen LogP contribution is 2.40. The summed E-state index contributed by atoms with van der Waals surface area (Å²) in [4.78, 5) is 4.89. The lowest BCUT2D eigenvalue weighted by atomic mass is 10.1. The van der Waals surface area contributed by atoms with Gasteiger partial charge in [-0.1, -0.05) is 84.4 Å². The van der Waals surface area contributed by atoms with Gasteiger partial charge in [0, 0.05) is 38.7 Å². The summed E-state index contributed by atoms with van der Waals surface area (Å²) < 4.78 is 75.2. The molecule has 1 aliphatic heterocycles. The fraction of sp³-hybridized carbons (Fsp3) is 0.0263. The molecule has 0 unspecified atom stereocenters. The fourth-order valence-electron chi connectivity index (χ4n) is 6.55. The van der Waals surface area contributed by atoms with Crippen LogP contribution in [-0.2, 0) is 5.75 Å². The van der Waals surface area contributed by atoms with E-state index in [-0.39, 0.29) is 46.0 Å². The van der Waals surface area contributed by atoms with E-state index in [0.717, 1.165) is 55.1 Å². The largest absolute Gasteiger partial charge is 0.309 e. The van der Waals surface area contributed by atoms with Crippen molar-refractivity contribution >= 4 is 66.4 Å². The Labute approximate surface area is 262 Å². The molecule has 43 heavy (non-hydrogen) atoms. The highest BCUT2D eigenvalue weighted by molar-refractivity contribution is 7.98. The standard InChI is InChI=1S/C38H24N4S/c1-5-13-32-27(9-1)28-10-2-6-14-33(28)40(32)25-19-20-35-30(21-25)29-11-3-7-15-34(29)41(35)26-18-17-24-23-43-38-39-31-12-4-8-16-36(31)42(38)37(24)22-26/h1-22H,23H2/i1D,2D,5D,6D,9D,10D,13D,14D. The molecule has 0 spiro atoms. The zero-order valence-electron chi connectivity index (χ0n) is 30.5. The van der Waals surface area contributed by atoms with Crippen LogP contribution in [0, 0.1) is 0 Å². The van der Waals surface area contributed by atoms with Crippen LogP contribution in [0.1, 0.15) is 16.5 Å². The average Bonchev–Trinajstić information content (AvgIpc) is 3.82. The first-order chi connectivity index (χ1) is 24.7. The van der Waals surface area contributed by atoms with Crippen LogP contribution >= 0.6 is 11.8 Å². The number of hydrogen-bond acceptors (Lipinski definition) is 2. The first-order valence-electron chi connectivity index (χ1n) is 17.9. The molecule has 0 radical (unpaired) electrons. The van der Waals surface area contributed by atoms with Crippen LogP contribution in [0.2, 0.25) is 0 Å². The number of thioether (sulfide) groups is 1. The Balaban J connectivity index is 1.27. The molecule has 0 amide bonds.